The summed E-state index contributed by atoms with van der Waals surface area (Å²) in [7, 11) is 0. The normalized spacial score (nSPS) is 26.0. The maximum atomic E-state index is 11.6. The highest BCUT2D eigenvalue weighted by molar-refractivity contribution is 7.99. The van der Waals surface area contributed by atoms with Crippen LogP contribution in [0.5, 0.6) is 0 Å². The number of nitriles is 1. The maximum Gasteiger partial charge on any atom is 0.343 e. The molecule has 1 aliphatic carbocycles. The van der Waals surface area contributed by atoms with Crippen molar-refractivity contribution in [3.8, 4) is 6.07 Å². The van der Waals surface area contributed by atoms with Gasteiger partial charge in [0.05, 0.1) is 6.07 Å². The molecular formula is C14H23N5OS. The smallest absolute Gasteiger partial charge is 0.297 e. The van der Waals surface area contributed by atoms with Crippen molar-refractivity contribution in [3.05, 3.63) is 10.5 Å². The summed E-state index contributed by atoms with van der Waals surface area (Å²) in [5.74, 6) is 0. The van der Waals surface area contributed by atoms with Crippen molar-refractivity contribution >= 4 is 11.8 Å². The lowest BCUT2D eigenvalue weighted by molar-refractivity contribution is 0.284. The van der Waals surface area contributed by atoms with Gasteiger partial charge in [-0.1, -0.05) is 11.8 Å². The van der Waals surface area contributed by atoms with E-state index in [2.05, 4.69) is 35.4 Å². The summed E-state index contributed by atoms with van der Waals surface area (Å²) in [6, 6.07) is 2.76. The van der Waals surface area contributed by atoms with Crippen molar-refractivity contribution in [2.24, 2.45) is 0 Å². The van der Waals surface area contributed by atoms with Gasteiger partial charge in [0, 0.05) is 17.8 Å². The number of aromatic amines is 1. The minimum Gasteiger partial charge on any atom is -0.297 e. The zero-order valence-corrected chi connectivity index (χ0v) is 13.7. The molecule has 6 nitrogen and oxygen atoms in total. The van der Waals surface area contributed by atoms with Gasteiger partial charge in [0.25, 0.3) is 0 Å². The van der Waals surface area contributed by atoms with Crippen LogP contribution in [0.4, 0.5) is 0 Å². The van der Waals surface area contributed by atoms with Gasteiger partial charge in [0.15, 0.2) is 5.16 Å². The number of aromatic nitrogens is 3. The van der Waals surface area contributed by atoms with Crippen molar-refractivity contribution in [2.75, 3.05) is 0 Å². The van der Waals surface area contributed by atoms with E-state index < -0.39 is 5.54 Å². The van der Waals surface area contributed by atoms with Crippen LogP contribution in [0.3, 0.4) is 0 Å². The Balaban J connectivity index is 2.11. The van der Waals surface area contributed by atoms with Crippen molar-refractivity contribution in [1.29, 1.82) is 5.26 Å². The Morgan fingerprint density at radius 2 is 2.43 bits per heavy atom. The lowest BCUT2D eigenvalue weighted by Crippen LogP contribution is -2.51. The molecule has 1 aliphatic rings. The molecule has 0 saturated heterocycles. The second-order valence-corrected chi connectivity index (χ2v) is 7.15. The van der Waals surface area contributed by atoms with Crippen LogP contribution in [0.2, 0.25) is 0 Å². The van der Waals surface area contributed by atoms with Gasteiger partial charge >= 0.3 is 5.69 Å². The summed E-state index contributed by atoms with van der Waals surface area (Å²) in [5.41, 5.74) is -0.611. The minimum atomic E-state index is -0.447. The third-order valence-electron chi connectivity index (χ3n) is 3.80. The zero-order chi connectivity index (χ0) is 15.5. The van der Waals surface area contributed by atoms with Crippen LogP contribution in [0.15, 0.2) is 9.95 Å². The molecule has 1 aromatic heterocycles. The SMILES string of the molecule is CCn1c(SC2CCCC(C#N)(NC(C)C)C2)n[nH]c1=O. The topological polar surface area (TPSA) is 86.5 Å². The highest BCUT2D eigenvalue weighted by Crippen LogP contribution is 2.37. The Morgan fingerprint density at radius 3 is 3.05 bits per heavy atom. The van der Waals surface area contributed by atoms with E-state index in [0.717, 1.165) is 30.8 Å². The summed E-state index contributed by atoms with van der Waals surface area (Å²) in [4.78, 5) is 11.6. The predicted octanol–water partition coefficient (Wildman–Crippen LogP) is 1.89. The Morgan fingerprint density at radius 1 is 1.67 bits per heavy atom. The molecule has 1 saturated carbocycles. The lowest BCUT2D eigenvalue weighted by atomic mass is 9.82. The first kappa shape index (κ1) is 16.1. The lowest BCUT2D eigenvalue weighted by Gasteiger charge is -2.37. The van der Waals surface area contributed by atoms with Crippen LogP contribution < -0.4 is 11.0 Å². The standard InChI is InChI=1S/C14H23N5OS/c1-4-19-12(20)17-18-13(19)21-11-6-5-7-14(8-11,9-15)16-10(2)3/h10-11,16H,4-8H2,1-3H3,(H,17,20). The zero-order valence-electron chi connectivity index (χ0n) is 12.8. The van der Waals surface area contributed by atoms with Gasteiger partial charge in [-0.2, -0.15) is 5.26 Å². The van der Waals surface area contributed by atoms with Gasteiger partial charge in [-0.15, -0.1) is 5.10 Å². The van der Waals surface area contributed by atoms with E-state index in [-0.39, 0.29) is 11.7 Å². The number of H-pyrrole nitrogens is 1. The fourth-order valence-electron chi connectivity index (χ4n) is 2.96. The molecule has 1 fully saturated rings. The quantitative estimate of drug-likeness (QED) is 0.867. The first-order valence-corrected chi connectivity index (χ1v) is 8.38. The van der Waals surface area contributed by atoms with E-state index in [1.807, 2.05) is 6.92 Å². The van der Waals surface area contributed by atoms with Crippen molar-refractivity contribution in [1.82, 2.24) is 20.1 Å². The Bertz CT molecular complexity index is 573. The number of thioether (sulfide) groups is 1. The molecule has 0 aromatic carbocycles. The molecule has 7 heteroatoms. The van der Waals surface area contributed by atoms with Crippen LogP contribution in [-0.2, 0) is 6.54 Å². The largest absolute Gasteiger partial charge is 0.343 e. The summed E-state index contributed by atoms with van der Waals surface area (Å²) < 4.78 is 1.64. The molecule has 0 radical (unpaired) electrons. The third-order valence-corrected chi connectivity index (χ3v) is 5.05. The number of nitrogens with one attached hydrogen (secondary N) is 2. The van der Waals surface area contributed by atoms with E-state index in [4.69, 9.17) is 0 Å². The molecule has 21 heavy (non-hydrogen) atoms. The van der Waals surface area contributed by atoms with Crippen LogP contribution in [0, 0.1) is 11.3 Å². The van der Waals surface area contributed by atoms with Crippen LogP contribution in [-0.4, -0.2) is 31.6 Å². The average Bonchev–Trinajstić information content (AvgIpc) is 2.78. The molecule has 0 spiro atoms. The van der Waals surface area contributed by atoms with Crippen LogP contribution in [0.25, 0.3) is 0 Å². The van der Waals surface area contributed by atoms with E-state index >= 15 is 0 Å². The summed E-state index contributed by atoms with van der Waals surface area (Å²) in [6.45, 7) is 6.68. The van der Waals surface area contributed by atoms with Crippen molar-refractivity contribution in [3.63, 3.8) is 0 Å². The van der Waals surface area contributed by atoms with E-state index in [1.165, 1.54) is 0 Å². The van der Waals surface area contributed by atoms with Gasteiger partial charge < -0.3 is 0 Å². The van der Waals surface area contributed by atoms with Crippen LogP contribution in [0.1, 0.15) is 46.5 Å². The summed E-state index contributed by atoms with van der Waals surface area (Å²) in [5, 5.41) is 20.6. The van der Waals surface area contributed by atoms with Gasteiger partial charge in [0.1, 0.15) is 5.54 Å². The van der Waals surface area contributed by atoms with E-state index in [9.17, 15) is 10.1 Å². The highest BCUT2D eigenvalue weighted by Gasteiger charge is 2.37. The van der Waals surface area contributed by atoms with E-state index in [1.54, 1.807) is 16.3 Å². The summed E-state index contributed by atoms with van der Waals surface area (Å²) in [6.07, 6.45) is 3.75. The first-order valence-electron chi connectivity index (χ1n) is 7.50. The molecule has 1 aromatic rings. The molecule has 2 unspecified atom stereocenters. The van der Waals surface area contributed by atoms with Gasteiger partial charge in [0.2, 0.25) is 0 Å². The molecule has 0 bridgehead atoms. The average molecular weight is 309 g/mol. The van der Waals surface area contributed by atoms with E-state index in [0.29, 0.717) is 11.8 Å². The highest BCUT2D eigenvalue weighted by atomic mass is 32.2. The summed E-state index contributed by atoms with van der Waals surface area (Å²) >= 11 is 1.61. The molecule has 0 aliphatic heterocycles. The molecular weight excluding hydrogens is 286 g/mol. The van der Waals surface area contributed by atoms with Crippen LogP contribution >= 0.6 is 11.8 Å². The molecule has 2 rings (SSSR count). The molecule has 2 atom stereocenters. The molecule has 1 heterocycles. The first-order chi connectivity index (χ1) is 9.99. The third kappa shape index (κ3) is 3.69. The Hall–Kier alpha value is -1.26. The van der Waals surface area contributed by atoms with Gasteiger partial charge in [-0.05, 0) is 46.5 Å². The van der Waals surface area contributed by atoms with Crippen molar-refractivity contribution < 1.29 is 0 Å². The second-order valence-electron chi connectivity index (χ2n) is 5.88. The number of rotatable bonds is 5. The maximum absolute atomic E-state index is 11.6. The number of nitrogens with zero attached hydrogens (tertiary/aromatic N) is 3. The Labute approximate surface area is 129 Å². The predicted molar refractivity (Wildman–Crippen MR) is 83.3 cm³/mol. The van der Waals surface area contributed by atoms with Gasteiger partial charge in [-0.25, -0.2) is 9.89 Å². The number of hydrogen-bond donors (Lipinski definition) is 2. The fourth-order valence-corrected chi connectivity index (χ4v) is 4.35. The van der Waals surface area contributed by atoms with Gasteiger partial charge in [-0.3, -0.25) is 9.88 Å². The number of hydrogen-bond acceptors (Lipinski definition) is 5. The second kappa shape index (κ2) is 6.67. The minimum absolute atomic E-state index is 0.164. The monoisotopic (exact) mass is 309 g/mol. The molecule has 2 N–H and O–H groups in total. The molecule has 116 valence electrons. The fraction of sp³-hybridized carbons (Fsp3) is 0.786. The Kier molecular flexibility index (Phi) is 5.12. The molecule has 0 amide bonds. The van der Waals surface area contributed by atoms with Crippen molar-refractivity contribution in [2.45, 2.75) is 75.0 Å².